The Hall–Kier alpha value is -2.01. The molecule has 186 valence electrons. The molecule has 0 bridgehead atoms. The maximum absolute atomic E-state index is 13.0. The zero-order chi connectivity index (χ0) is 23.8. The van der Waals surface area contributed by atoms with E-state index in [9.17, 15) is 13.2 Å². The van der Waals surface area contributed by atoms with Crippen molar-refractivity contribution in [1.82, 2.24) is 18.8 Å². The number of likely N-dealkylation sites (tertiary alicyclic amines) is 1. The van der Waals surface area contributed by atoms with Crippen LogP contribution in [0.2, 0.25) is 0 Å². The molecule has 0 saturated carbocycles. The van der Waals surface area contributed by atoms with Crippen molar-refractivity contribution in [2.45, 2.75) is 69.1 Å². The van der Waals surface area contributed by atoms with E-state index in [1.54, 1.807) is 16.4 Å². The Morgan fingerprint density at radius 3 is 2.47 bits per heavy atom. The summed E-state index contributed by atoms with van der Waals surface area (Å²) in [6.07, 6.45) is 5.06. The van der Waals surface area contributed by atoms with Crippen molar-refractivity contribution < 1.29 is 22.7 Å². The average molecular weight is 491 g/mol. The number of fused-ring (bicyclic) bond motifs is 1. The van der Waals surface area contributed by atoms with Gasteiger partial charge in [-0.3, -0.25) is 4.79 Å². The lowest BCUT2D eigenvalue weighted by atomic mass is 10.0. The lowest BCUT2D eigenvalue weighted by Crippen LogP contribution is -2.47. The predicted octanol–water partition coefficient (Wildman–Crippen LogP) is 2.53. The number of rotatable bonds is 7. The maximum Gasteiger partial charge on any atom is 0.243 e. The van der Waals surface area contributed by atoms with Gasteiger partial charge in [0.15, 0.2) is 5.79 Å². The van der Waals surface area contributed by atoms with Gasteiger partial charge in [-0.25, -0.2) is 13.4 Å². The van der Waals surface area contributed by atoms with Crippen LogP contribution in [0.3, 0.4) is 0 Å². The van der Waals surface area contributed by atoms with Crippen LogP contribution in [0.1, 0.15) is 51.3 Å². The minimum absolute atomic E-state index is 0.111. The van der Waals surface area contributed by atoms with E-state index in [0.29, 0.717) is 75.5 Å². The highest BCUT2D eigenvalue weighted by molar-refractivity contribution is 7.89. The minimum atomic E-state index is -3.49. The highest BCUT2D eigenvalue weighted by atomic mass is 32.2. The van der Waals surface area contributed by atoms with Crippen LogP contribution < -0.4 is 0 Å². The molecule has 0 N–H and O–H groups in total. The van der Waals surface area contributed by atoms with Crippen LogP contribution in [-0.4, -0.2) is 78.3 Å². The first-order valence-corrected chi connectivity index (χ1v) is 13.9. The molecule has 2 aromatic rings. The fraction of sp³-hybridized carbons (Fsp3) is 0.667. The van der Waals surface area contributed by atoms with Gasteiger partial charge in [0.2, 0.25) is 15.9 Å². The van der Waals surface area contributed by atoms with Crippen molar-refractivity contribution >= 4 is 27.0 Å². The van der Waals surface area contributed by atoms with Gasteiger partial charge < -0.3 is 18.9 Å². The van der Waals surface area contributed by atoms with Gasteiger partial charge in [0.1, 0.15) is 5.82 Å². The molecule has 0 atom stereocenters. The number of carbonyl (C=O) groups is 1. The number of aryl methyl sites for hydroxylation is 2. The molecule has 5 rings (SSSR count). The molecule has 3 fully saturated rings. The van der Waals surface area contributed by atoms with Crippen LogP contribution in [0.4, 0.5) is 0 Å². The van der Waals surface area contributed by atoms with Gasteiger partial charge in [0.05, 0.1) is 29.1 Å². The van der Waals surface area contributed by atoms with E-state index >= 15 is 0 Å². The standard InChI is InChI=1S/C24H34N4O5S/c1-2-11-28-21-6-5-19(34(30,31)27-12-3-4-13-27)18-20(21)25-22(28)7-8-23(29)26-14-9-24(10-15-26)32-16-17-33-24/h5-6,18H,2-4,7-17H2,1H3. The minimum Gasteiger partial charge on any atom is -0.347 e. The molecule has 10 heteroatoms. The van der Waals surface area contributed by atoms with Crippen LogP contribution >= 0.6 is 0 Å². The number of sulfonamides is 1. The zero-order valence-corrected chi connectivity index (χ0v) is 20.7. The number of carbonyl (C=O) groups excluding carboxylic acids is 1. The lowest BCUT2D eigenvalue weighted by molar-refractivity contribution is -0.187. The molecular formula is C24H34N4O5S. The first-order valence-electron chi connectivity index (χ1n) is 12.5. The fourth-order valence-electron chi connectivity index (χ4n) is 5.32. The third-order valence-corrected chi connectivity index (χ3v) is 9.10. The summed E-state index contributed by atoms with van der Waals surface area (Å²) < 4.78 is 41.2. The van der Waals surface area contributed by atoms with E-state index in [4.69, 9.17) is 14.5 Å². The van der Waals surface area contributed by atoms with Gasteiger partial charge in [-0.15, -0.1) is 0 Å². The molecule has 0 unspecified atom stereocenters. The molecule has 3 aliphatic rings. The number of imidazole rings is 1. The first kappa shape index (κ1) is 23.7. The molecule has 0 radical (unpaired) electrons. The van der Waals surface area contributed by atoms with Crippen LogP contribution in [0, 0.1) is 0 Å². The van der Waals surface area contributed by atoms with Crippen molar-refractivity contribution in [1.29, 1.82) is 0 Å². The quantitative estimate of drug-likeness (QED) is 0.592. The number of benzene rings is 1. The number of hydrogen-bond acceptors (Lipinski definition) is 6. The Morgan fingerprint density at radius 2 is 1.79 bits per heavy atom. The highest BCUT2D eigenvalue weighted by Gasteiger charge is 2.40. The monoisotopic (exact) mass is 490 g/mol. The molecule has 4 heterocycles. The predicted molar refractivity (Wildman–Crippen MR) is 127 cm³/mol. The summed E-state index contributed by atoms with van der Waals surface area (Å²) in [5.74, 6) is 0.455. The topological polar surface area (TPSA) is 94.0 Å². The molecule has 34 heavy (non-hydrogen) atoms. The molecule has 1 amide bonds. The average Bonchev–Trinajstić information content (AvgIpc) is 3.59. The number of hydrogen-bond donors (Lipinski definition) is 0. The second kappa shape index (κ2) is 9.56. The molecule has 9 nitrogen and oxygen atoms in total. The van der Waals surface area contributed by atoms with Crippen molar-refractivity contribution in [3.8, 4) is 0 Å². The summed E-state index contributed by atoms with van der Waals surface area (Å²) in [5.41, 5.74) is 1.59. The van der Waals surface area contributed by atoms with Crippen molar-refractivity contribution in [3.05, 3.63) is 24.0 Å². The molecule has 3 saturated heterocycles. The highest BCUT2D eigenvalue weighted by Crippen LogP contribution is 2.31. The van der Waals surface area contributed by atoms with Gasteiger partial charge in [-0.1, -0.05) is 6.92 Å². The summed E-state index contributed by atoms with van der Waals surface area (Å²) in [6, 6.07) is 5.24. The third-order valence-electron chi connectivity index (χ3n) is 7.20. The largest absolute Gasteiger partial charge is 0.347 e. The number of nitrogens with zero attached hydrogens (tertiary/aromatic N) is 4. The second-order valence-electron chi connectivity index (χ2n) is 9.43. The van der Waals surface area contributed by atoms with Gasteiger partial charge in [0, 0.05) is 58.4 Å². The van der Waals surface area contributed by atoms with E-state index < -0.39 is 15.8 Å². The van der Waals surface area contributed by atoms with E-state index in [2.05, 4.69) is 11.5 Å². The Morgan fingerprint density at radius 1 is 1.09 bits per heavy atom. The summed E-state index contributed by atoms with van der Waals surface area (Å²) in [7, 11) is -3.49. The normalized spacial score (nSPS) is 21.1. The number of aromatic nitrogens is 2. The van der Waals surface area contributed by atoms with Gasteiger partial charge in [-0.05, 0) is 37.5 Å². The molecule has 0 aliphatic carbocycles. The van der Waals surface area contributed by atoms with E-state index in [1.165, 1.54) is 0 Å². The Balaban J connectivity index is 1.30. The summed E-state index contributed by atoms with van der Waals surface area (Å²) in [4.78, 5) is 19.9. The molecule has 1 aromatic heterocycles. The Kier molecular flexibility index (Phi) is 6.67. The van der Waals surface area contributed by atoms with Crippen molar-refractivity contribution in [3.63, 3.8) is 0 Å². The van der Waals surface area contributed by atoms with Crippen LogP contribution in [0.15, 0.2) is 23.1 Å². The lowest BCUT2D eigenvalue weighted by Gasteiger charge is -2.37. The summed E-state index contributed by atoms with van der Waals surface area (Å²) in [6.45, 7) is 6.57. The zero-order valence-electron chi connectivity index (χ0n) is 19.9. The van der Waals surface area contributed by atoms with E-state index in [-0.39, 0.29) is 5.91 Å². The van der Waals surface area contributed by atoms with Gasteiger partial charge in [0.25, 0.3) is 0 Å². The number of amides is 1. The fourth-order valence-corrected chi connectivity index (χ4v) is 6.86. The van der Waals surface area contributed by atoms with Crippen molar-refractivity contribution in [2.24, 2.45) is 0 Å². The third kappa shape index (κ3) is 4.48. The molecule has 1 spiro atoms. The molecule has 1 aromatic carbocycles. The van der Waals surface area contributed by atoms with Crippen LogP contribution in [0.5, 0.6) is 0 Å². The summed E-state index contributed by atoms with van der Waals surface area (Å²) >= 11 is 0. The maximum atomic E-state index is 13.0. The molecule has 3 aliphatic heterocycles. The SMILES string of the molecule is CCCn1c(CCC(=O)N2CCC3(CC2)OCCO3)nc2cc(S(=O)(=O)N3CCCC3)ccc21. The second-order valence-corrected chi connectivity index (χ2v) is 11.4. The first-order chi connectivity index (χ1) is 16.4. The van der Waals surface area contributed by atoms with Crippen LogP contribution in [-0.2, 0) is 37.3 Å². The Labute approximate surface area is 201 Å². The van der Waals surface area contributed by atoms with Crippen molar-refractivity contribution in [2.75, 3.05) is 39.4 Å². The number of piperidine rings is 1. The Bertz CT molecular complexity index is 1140. The molecular weight excluding hydrogens is 456 g/mol. The van der Waals surface area contributed by atoms with E-state index in [0.717, 1.165) is 37.1 Å². The smallest absolute Gasteiger partial charge is 0.243 e. The number of ether oxygens (including phenoxy) is 2. The van der Waals surface area contributed by atoms with Gasteiger partial charge >= 0.3 is 0 Å². The van der Waals surface area contributed by atoms with Gasteiger partial charge in [-0.2, -0.15) is 4.31 Å². The summed E-state index contributed by atoms with van der Waals surface area (Å²) in [5, 5.41) is 0. The van der Waals surface area contributed by atoms with Crippen LogP contribution in [0.25, 0.3) is 11.0 Å². The van der Waals surface area contributed by atoms with E-state index in [1.807, 2.05) is 11.0 Å².